The largest absolute Gasteiger partial charge is 0.497 e. The summed E-state index contributed by atoms with van der Waals surface area (Å²) < 4.78 is 5.06. The van der Waals surface area contributed by atoms with Crippen LogP contribution < -0.4 is 4.74 Å². The summed E-state index contributed by atoms with van der Waals surface area (Å²) in [4.78, 5) is 24.2. The first kappa shape index (κ1) is 13.1. The van der Waals surface area contributed by atoms with E-state index in [1.165, 1.54) is 6.21 Å². The minimum atomic E-state index is -0.402. The molecule has 0 aliphatic carbocycles. The lowest BCUT2D eigenvalue weighted by atomic mass is 10.1. The number of amides is 2. The summed E-state index contributed by atoms with van der Waals surface area (Å²) in [7, 11) is 1.59. The van der Waals surface area contributed by atoms with Crippen molar-refractivity contribution in [1.29, 1.82) is 0 Å². The van der Waals surface area contributed by atoms with E-state index in [2.05, 4.69) is 5.10 Å². The number of fused-ring (bicyclic) bond motifs is 1. The van der Waals surface area contributed by atoms with Crippen LogP contribution in [0.1, 0.15) is 26.3 Å². The number of benzene rings is 2. The second-order valence-corrected chi connectivity index (χ2v) is 4.49. The van der Waals surface area contributed by atoms with Gasteiger partial charge in [0.1, 0.15) is 5.75 Å². The van der Waals surface area contributed by atoms with Crippen molar-refractivity contribution in [3.63, 3.8) is 0 Å². The number of methoxy groups -OCH3 is 1. The highest BCUT2D eigenvalue weighted by molar-refractivity contribution is 6.21. The summed E-state index contributed by atoms with van der Waals surface area (Å²) in [5.41, 5.74) is 1.54. The van der Waals surface area contributed by atoms with Crippen molar-refractivity contribution >= 4 is 18.0 Å². The van der Waals surface area contributed by atoms with E-state index in [1.54, 1.807) is 55.6 Å². The average Bonchev–Trinajstić information content (AvgIpc) is 2.78. The molecule has 104 valence electrons. The van der Waals surface area contributed by atoms with Crippen molar-refractivity contribution in [3.8, 4) is 5.75 Å². The Kier molecular flexibility index (Phi) is 3.23. The Balaban J connectivity index is 1.84. The number of imide groups is 1. The smallest absolute Gasteiger partial charge is 0.282 e. The highest BCUT2D eigenvalue weighted by atomic mass is 16.5. The van der Waals surface area contributed by atoms with E-state index in [-0.39, 0.29) is 0 Å². The molecule has 0 saturated heterocycles. The standard InChI is InChI=1S/C16H12N2O3/c1-21-12-8-6-11(7-9-12)10-17-18-15(19)13-4-2-3-5-14(13)16(18)20/h2-10H,1H3. The maximum absolute atomic E-state index is 12.1. The minimum absolute atomic E-state index is 0.384. The summed E-state index contributed by atoms with van der Waals surface area (Å²) in [6, 6.07) is 13.8. The first-order valence-electron chi connectivity index (χ1n) is 6.36. The fraction of sp³-hybridized carbons (Fsp3) is 0.0625. The number of hydrazone groups is 1. The Morgan fingerprint density at radius 2 is 1.52 bits per heavy atom. The Morgan fingerprint density at radius 1 is 0.952 bits per heavy atom. The number of rotatable bonds is 3. The van der Waals surface area contributed by atoms with Crippen molar-refractivity contribution in [2.45, 2.75) is 0 Å². The quantitative estimate of drug-likeness (QED) is 0.640. The van der Waals surface area contributed by atoms with Gasteiger partial charge in [0.05, 0.1) is 24.5 Å². The van der Waals surface area contributed by atoms with Gasteiger partial charge in [0.25, 0.3) is 11.8 Å². The molecule has 0 spiro atoms. The first-order chi connectivity index (χ1) is 10.2. The van der Waals surface area contributed by atoms with Crippen LogP contribution in [-0.4, -0.2) is 30.1 Å². The van der Waals surface area contributed by atoms with Gasteiger partial charge in [0, 0.05) is 0 Å². The molecule has 0 unspecified atom stereocenters. The SMILES string of the molecule is COc1ccc(C=NN2C(=O)c3ccccc3C2=O)cc1. The summed E-state index contributed by atoms with van der Waals surface area (Å²) in [6.07, 6.45) is 1.47. The zero-order valence-corrected chi connectivity index (χ0v) is 11.3. The molecule has 1 aliphatic heterocycles. The minimum Gasteiger partial charge on any atom is -0.497 e. The molecule has 0 radical (unpaired) electrons. The molecule has 2 amide bonds. The van der Waals surface area contributed by atoms with E-state index >= 15 is 0 Å². The molecule has 0 aromatic heterocycles. The fourth-order valence-corrected chi connectivity index (χ4v) is 2.10. The Bertz CT molecular complexity index is 700. The topological polar surface area (TPSA) is 59.0 Å². The van der Waals surface area contributed by atoms with Crippen molar-refractivity contribution in [2.75, 3.05) is 7.11 Å². The molecule has 0 bridgehead atoms. The molecule has 1 heterocycles. The lowest BCUT2D eigenvalue weighted by Gasteiger charge is -2.05. The van der Waals surface area contributed by atoms with Crippen LogP contribution in [0.3, 0.4) is 0 Å². The van der Waals surface area contributed by atoms with Crippen LogP contribution in [0.25, 0.3) is 0 Å². The fourth-order valence-electron chi connectivity index (χ4n) is 2.10. The third-order valence-corrected chi connectivity index (χ3v) is 3.21. The highest BCUT2D eigenvalue weighted by Gasteiger charge is 2.35. The van der Waals surface area contributed by atoms with E-state index in [4.69, 9.17) is 4.74 Å². The summed E-state index contributed by atoms with van der Waals surface area (Å²) in [5.74, 6) is -0.0754. The molecular formula is C16H12N2O3. The van der Waals surface area contributed by atoms with Gasteiger partial charge in [-0.1, -0.05) is 12.1 Å². The third kappa shape index (κ3) is 2.29. The molecule has 2 aromatic carbocycles. The number of ether oxygens (including phenoxy) is 1. The monoisotopic (exact) mass is 280 g/mol. The van der Waals surface area contributed by atoms with Gasteiger partial charge < -0.3 is 4.74 Å². The molecule has 0 fully saturated rings. The predicted octanol–water partition coefficient (Wildman–Crippen LogP) is 2.33. The first-order valence-corrected chi connectivity index (χ1v) is 6.36. The molecule has 2 aromatic rings. The molecule has 3 rings (SSSR count). The molecule has 0 atom stereocenters. The summed E-state index contributed by atoms with van der Waals surface area (Å²) in [5, 5.41) is 4.88. The third-order valence-electron chi connectivity index (χ3n) is 3.21. The van der Waals surface area contributed by atoms with Gasteiger partial charge in [0.15, 0.2) is 0 Å². The highest BCUT2D eigenvalue weighted by Crippen LogP contribution is 2.22. The molecule has 21 heavy (non-hydrogen) atoms. The zero-order chi connectivity index (χ0) is 14.8. The molecule has 0 saturated carbocycles. The van der Waals surface area contributed by atoms with Crippen LogP contribution in [0, 0.1) is 0 Å². The van der Waals surface area contributed by atoms with Crippen LogP contribution in [0.4, 0.5) is 0 Å². The Morgan fingerprint density at radius 3 is 2.05 bits per heavy atom. The predicted molar refractivity (Wildman–Crippen MR) is 77.5 cm³/mol. The second kappa shape index (κ2) is 5.20. The maximum atomic E-state index is 12.1. The van der Waals surface area contributed by atoms with Crippen molar-refractivity contribution < 1.29 is 14.3 Å². The zero-order valence-electron chi connectivity index (χ0n) is 11.3. The van der Waals surface area contributed by atoms with Gasteiger partial charge in [-0.15, -0.1) is 0 Å². The van der Waals surface area contributed by atoms with Crippen LogP contribution >= 0.6 is 0 Å². The average molecular weight is 280 g/mol. The van der Waals surface area contributed by atoms with E-state index < -0.39 is 11.8 Å². The molecule has 1 aliphatic rings. The van der Waals surface area contributed by atoms with E-state index in [9.17, 15) is 9.59 Å². The summed E-state index contributed by atoms with van der Waals surface area (Å²) >= 11 is 0. The number of hydrogen-bond donors (Lipinski definition) is 0. The Labute approximate surface area is 121 Å². The maximum Gasteiger partial charge on any atom is 0.282 e. The van der Waals surface area contributed by atoms with E-state index in [0.29, 0.717) is 11.1 Å². The van der Waals surface area contributed by atoms with Gasteiger partial charge in [-0.3, -0.25) is 9.59 Å². The molecular weight excluding hydrogens is 268 g/mol. The van der Waals surface area contributed by atoms with Crippen LogP contribution in [0.2, 0.25) is 0 Å². The van der Waals surface area contributed by atoms with E-state index in [1.807, 2.05) is 0 Å². The lowest BCUT2D eigenvalue weighted by molar-refractivity contribution is 0.0660. The molecule has 0 N–H and O–H groups in total. The second-order valence-electron chi connectivity index (χ2n) is 4.49. The van der Waals surface area contributed by atoms with E-state index in [0.717, 1.165) is 16.3 Å². The molecule has 5 nitrogen and oxygen atoms in total. The lowest BCUT2D eigenvalue weighted by Crippen LogP contribution is -2.23. The number of hydrogen-bond acceptors (Lipinski definition) is 4. The number of nitrogens with zero attached hydrogens (tertiary/aromatic N) is 2. The van der Waals surface area contributed by atoms with Gasteiger partial charge in [-0.05, 0) is 42.0 Å². The number of carbonyl (C=O) groups is 2. The van der Waals surface area contributed by atoms with Crippen molar-refractivity contribution in [2.24, 2.45) is 5.10 Å². The van der Waals surface area contributed by atoms with Gasteiger partial charge in [0.2, 0.25) is 0 Å². The van der Waals surface area contributed by atoms with Gasteiger partial charge >= 0.3 is 0 Å². The summed E-state index contributed by atoms with van der Waals surface area (Å²) in [6.45, 7) is 0. The van der Waals surface area contributed by atoms with Gasteiger partial charge in [-0.25, -0.2) is 0 Å². The normalized spacial score (nSPS) is 13.9. The van der Waals surface area contributed by atoms with Crippen LogP contribution in [0.5, 0.6) is 5.75 Å². The Hall–Kier alpha value is -2.95. The van der Waals surface area contributed by atoms with Gasteiger partial charge in [-0.2, -0.15) is 10.1 Å². The molecule has 5 heteroatoms. The van der Waals surface area contributed by atoms with Crippen molar-refractivity contribution in [3.05, 3.63) is 65.2 Å². The van der Waals surface area contributed by atoms with Crippen molar-refractivity contribution in [1.82, 2.24) is 5.01 Å². The van der Waals surface area contributed by atoms with Crippen LogP contribution in [0.15, 0.2) is 53.6 Å². The van der Waals surface area contributed by atoms with Crippen LogP contribution in [-0.2, 0) is 0 Å². The number of carbonyl (C=O) groups excluding carboxylic acids is 2.